The Labute approximate surface area is 291 Å². The number of carbonyl (C=O) groups is 1. The number of para-hydroxylation sites is 2. The third kappa shape index (κ3) is 5.11. The van der Waals surface area contributed by atoms with Gasteiger partial charge in [-0.1, -0.05) is 86.6 Å². The predicted molar refractivity (Wildman–Crippen MR) is 189 cm³/mol. The molecule has 0 fully saturated rings. The average molecular weight is 801 g/mol. The molecule has 6 heteroatoms. The molecule has 3 aromatic heterocycles. The summed E-state index contributed by atoms with van der Waals surface area (Å²) in [7, 11) is 0. The van der Waals surface area contributed by atoms with Crippen molar-refractivity contribution in [3.8, 4) is 28.1 Å². The second-order valence-corrected chi connectivity index (χ2v) is 12.3. The molecular weight excluding hydrogens is 771 g/mol. The molecule has 235 valence electrons. The van der Waals surface area contributed by atoms with E-state index in [0.29, 0.717) is 0 Å². The first kappa shape index (κ1) is 31.2. The summed E-state index contributed by atoms with van der Waals surface area (Å²) in [5.41, 5.74) is 11.0. The maximum absolute atomic E-state index is 10.1. The molecule has 1 N–H and O–H groups in total. The Morgan fingerprint density at radius 2 is 1.46 bits per heavy atom. The Morgan fingerprint density at radius 3 is 2.27 bits per heavy atom. The molecule has 5 aromatic carbocycles. The van der Waals surface area contributed by atoms with Crippen LogP contribution in [-0.2, 0) is 25.5 Å². The van der Waals surface area contributed by atoms with Gasteiger partial charge in [0.05, 0.1) is 16.7 Å². The van der Waals surface area contributed by atoms with E-state index >= 15 is 0 Å². The first-order valence-corrected chi connectivity index (χ1v) is 15.6. The number of benzene rings is 5. The number of hydrogen-bond donors (Lipinski definition) is 1. The van der Waals surface area contributed by atoms with Crippen LogP contribution < -0.4 is 0 Å². The summed E-state index contributed by atoms with van der Waals surface area (Å²) in [6.07, 6.45) is 3.33. The topological polar surface area (TPSA) is 68.0 Å². The number of pyridine rings is 2. The fourth-order valence-corrected chi connectivity index (χ4v) is 6.95. The molecule has 0 spiro atoms. The van der Waals surface area contributed by atoms with Gasteiger partial charge in [-0.05, 0) is 69.6 Å². The zero-order valence-corrected chi connectivity index (χ0v) is 28.7. The van der Waals surface area contributed by atoms with E-state index in [4.69, 9.17) is 10.1 Å². The van der Waals surface area contributed by atoms with E-state index in [-0.39, 0.29) is 31.2 Å². The molecule has 1 aliphatic rings. The van der Waals surface area contributed by atoms with Crippen molar-refractivity contribution in [1.29, 1.82) is 0 Å². The summed E-state index contributed by atoms with van der Waals surface area (Å²) in [4.78, 5) is 18.5. The average Bonchev–Trinajstić information content (AvgIpc) is 3.45. The van der Waals surface area contributed by atoms with Gasteiger partial charge in [-0.25, -0.2) is 9.78 Å². The van der Waals surface area contributed by atoms with Gasteiger partial charge < -0.3 is 14.7 Å². The van der Waals surface area contributed by atoms with E-state index in [1.807, 2.05) is 12.3 Å². The number of carboxylic acid groups (broad SMARTS) is 1. The fourth-order valence-electron chi connectivity index (χ4n) is 6.95. The molecule has 1 aliphatic heterocycles. The summed E-state index contributed by atoms with van der Waals surface area (Å²) < 4.78 is 2.47. The van der Waals surface area contributed by atoms with Gasteiger partial charge in [0, 0.05) is 48.7 Å². The van der Waals surface area contributed by atoms with E-state index < -0.39 is 5.97 Å². The molecule has 0 aliphatic carbocycles. The second-order valence-electron chi connectivity index (χ2n) is 12.3. The molecule has 5 nitrogen and oxygen atoms in total. The largest absolute Gasteiger partial charge is 0.477 e. The van der Waals surface area contributed by atoms with Crippen molar-refractivity contribution in [2.75, 3.05) is 0 Å². The van der Waals surface area contributed by atoms with Gasteiger partial charge in [0.25, 0.3) is 0 Å². The Bertz CT molecular complexity index is 2480. The Kier molecular flexibility index (Phi) is 8.00. The first-order chi connectivity index (χ1) is 22.9. The van der Waals surface area contributed by atoms with Crippen LogP contribution in [-0.4, -0.2) is 25.6 Å². The van der Waals surface area contributed by atoms with Crippen molar-refractivity contribution in [3.63, 3.8) is 0 Å². The zero-order chi connectivity index (χ0) is 32.1. The van der Waals surface area contributed by atoms with E-state index in [1.165, 1.54) is 67.4 Å². The van der Waals surface area contributed by atoms with Gasteiger partial charge in [0.1, 0.15) is 5.69 Å². The molecule has 9 rings (SSSR count). The number of rotatable bonds is 3. The van der Waals surface area contributed by atoms with E-state index in [1.54, 1.807) is 12.1 Å². The summed E-state index contributed by atoms with van der Waals surface area (Å²) in [6.45, 7) is 4.69. The molecular formula is C42H30IrN3O2-. The number of fused-ring (bicyclic) bond motifs is 6. The van der Waals surface area contributed by atoms with Crippen LogP contribution in [0.2, 0.25) is 0 Å². The first-order valence-electron chi connectivity index (χ1n) is 15.6. The molecule has 48 heavy (non-hydrogen) atoms. The van der Waals surface area contributed by atoms with Crippen molar-refractivity contribution in [3.05, 3.63) is 163 Å². The van der Waals surface area contributed by atoms with Crippen LogP contribution in [0.15, 0.2) is 140 Å². The maximum Gasteiger partial charge on any atom is 0.354 e. The Morgan fingerprint density at radius 1 is 0.708 bits per heavy atom. The molecule has 0 amide bonds. The van der Waals surface area contributed by atoms with Gasteiger partial charge in [-0.15, -0.1) is 35.4 Å². The number of hydrogen-bond acceptors (Lipinski definition) is 3. The van der Waals surface area contributed by atoms with Crippen molar-refractivity contribution in [2.24, 2.45) is 0 Å². The van der Waals surface area contributed by atoms with Gasteiger partial charge in [0.15, 0.2) is 0 Å². The van der Waals surface area contributed by atoms with Gasteiger partial charge >= 0.3 is 5.97 Å². The fraction of sp³-hybridized carbons (Fsp3) is 0.0714. The molecule has 4 heterocycles. The smallest absolute Gasteiger partial charge is 0.354 e. The quantitative estimate of drug-likeness (QED) is 0.181. The Hall–Kier alpha value is -5.42. The Balaban J connectivity index is 0.000000319. The minimum absolute atomic E-state index is 0. The van der Waals surface area contributed by atoms with Gasteiger partial charge in [0.2, 0.25) is 0 Å². The predicted octanol–water partition coefficient (Wildman–Crippen LogP) is 9.88. The maximum atomic E-state index is 10.1. The monoisotopic (exact) mass is 801 g/mol. The number of nitrogens with zero attached hydrogens (tertiary/aromatic N) is 3. The molecule has 0 saturated heterocycles. The zero-order valence-electron chi connectivity index (χ0n) is 26.3. The van der Waals surface area contributed by atoms with Gasteiger partial charge in [-0.2, -0.15) is 0 Å². The van der Waals surface area contributed by atoms with Crippen molar-refractivity contribution >= 4 is 38.5 Å². The summed E-state index contributed by atoms with van der Waals surface area (Å²) in [5.74, 6) is -0.990. The van der Waals surface area contributed by atoms with E-state index in [0.717, 1.165) is 16.6 Å². The molecule has 0 saturated carbocycles. The molecule has 0 bridgehead atoms. The SMILES string of the molecule is CC1(C)c2ccccc2-n2c3ccc(-c4cc[c-]c(-c5nccc6ccccc56)c4)cc3c3cccc1c32.O=C(O)c1ccccn1.[Ir]. The summed E-state index contributed by atoms with van der Waals surface area (Å²) in [6, 6.07) is 47.6. The van der Waals surface area contributed by atoms with Crippen LogP contribution in [0, 0.1) is 6.07 Å². The third-order valence-corrected chi connectivity index (χ3v) is 9.23. The minimum atomic E-state index is -0.990. The van der Waals surface area contributed by atoms with Crippen LogP contribution in [0.4, 0.5) is 0 Å². The van der Waals surface area contributed by atoms with Crippen LogP contribution in [0.5, 0.6) is 0 Å². The van der Waals surface area contributed by atoms with Gasteiger partial charge in [-0.3, -0.25) is 0 Å². The number of carboxylic acids is 1. The van der Waals surface area contributed by atoms with Crippen molar-refractivity contribution in [2.45, 2.75) is 19.3 Å². The summed E-state index contributed by atoms with van der Waals surface area (Å²) in [5, 5.41) is 13.2. The van der Waals surface area contributed by atoms with Crippen LogP contribution in [0.3, 0.4) is 0 Å². The van der Waals surface area contributed by atoms with E-state index in [2.05, 4.69) is 133 Å². The summed E-state index contributed by atoms with van der Waals surface area (Å²) >= 11 is 0. The minimum Gasteiger partial charge on any atom is -0.477 e. The molecule has 8 aromatic rings. The molecule has 1 radical (unpaired) electrons. The number of aromatic nitrogens is 3. The third-order valence-electron chi connectivity index (χ3n) is 9.23. The van der Waals surface area contributed by atoms with Crippen molar-refractivity contribution < 1.29 is 30.0 Å². The normalized spacial score (nSPS) is 12.5. The standard InChI is InChI=1S/C36H25N2.C6H5NO2.Ir/c1-36(2)30-14-5-6-16-33(30)38-32-18-17-25(22-29(32)28-13-8-15-31(36)35(28)38)24-10-7-11-26(21-24)34-27-12-4-3-9-23(27)19-20-37-34;8-6(9)5-3-1-2-4-7-5;/h3-10,12-22H,1-2H3;1-4H,(H,8,9);/q-1;;. The van der Waals surface area contributed by atoms with Crippen LogP contribution in [0.25, 0.3) is 60.6 Å². The van der Waals surface area contributed by atoms with Crippen molar-refractivity contribution in [1.82, 2.24) is 14.5 Å². The number of aromatic carboxylic acids is 1. The molecule has 0 unspecified atom stereocenters. The molecule has 0 atom stereocenters. The van der Waals surface area contributed by atoms with Crippen LogP contribution in [0.1, 0.15) is 35.5 Å². The second kappa shape index (κ2) is 12.3. The van der Waals surface area contributed by atoms with Crippen LogP contribution >= 0.6 is 0 Å². The van der Waals surface area contributed by atoms with E-state index in [9.17, 15) is 4.79 Å².